The molecule has 0 aliphatic carbocycles. The van der Waals surface area contributed by atoms with Crippen molar-refractivity contribution in [3.05, 3.63) is 70.1 Å². The minimum atomic E-state index is -0.393. The van der Waals surface area contributed by atoms with Crippen LogP contribution in [0.1, 0.15) is 31.3 Å². The van der Waals surface area contributed by atoms with E-state index in [0.29, 0.717) is 30.6 Å². The quantitative estimate of drug-likeness (QED) is 0.425. The number of nitro benzene ring substituents is 1. The first-order valence-electron chi connectivity index (χ1n) is 8.99. The van der Waals surface area contributed by atoms with Gasteiger partial charge in [-0.2, -0.15) is 4.98 Å². The first kappa shape index (κ1) is 19.5. The van der Waals surface area contributed by atoms with Gasteiger partial charge in [-0.05, 0) is 38.6 Å². The number of non-ortho nitro benzene ring substituents is 1. The zero-order chi connectivity index (χ0) is 20.1. The Labute approximate surface area is 162 Å². The summed E-state index contributed by atoms with van der Waals surface area (Å²) in [6.07, 6.45) is 0. The third kappa shape index (κ3) is 4.34. The molecule has 2 aromatic carbocycles. The molecule has 146 valence electrons. The Hall–Kier alpha value is -3.26. The van der Waals surface area contributed by atoms with Crippen LogP contribution < -0.4 is 4.74 Å². The maximum absolute atomic E-state index is 11.0. The van der Waals surface area contributed by atoms with Gasteiger partial charge in [0.15, 0.2) is 0 Å². The van der Waals surface area contributed by atoms with E-state index in [9.17, 15) is 10.1 Å². The molecule has 1 aromatic heterocycles. The van der Waals surface area contributed by atoms with Crippen LogP contribution in [0.5, 0.6) is 5.75 Å². The monoisotopic (exact) mass is 382 g/mol. The second-order valence-electron chi connectivity index (χ2n) is 6.38. The van der Waals surface area contributed by atoms with Crippen molar-refractivity contribution >= 4 is 5.69 Å². The summed E-state index contributed by atoms with van der Waals surface area (Å²) in [6.45, 7) is 4.85. The van der Waals surface area contributed by atoms with Crippen molar-refractivity contribution in [2.75, 3.05) is 13.7 Å². The van der Waals surface area contributed by atoms with Gasteiger partial charge >= 0.3 is 0 Å². The lowest BCUT2D eigenvalue weighted by atomic mass is 10.1. The van der Waals surface area contributed by atoms with Crippen molar-refractivity contribution in [3.63, 3.8) is 0 Å². The molecule has 8 nitrogen and oxygen atoms in total. The van der Waals surface area contributed by atoms with Crippen molar-refractivity contribution < 1.29 is 14.2 Å². The summed E-state index contributed by atoms with van der Waals surface area (Å²) in [5.74, 6) is 1.63. The maximum Gasteiger partial charge on any atom is 0.269 e. The molecule has 0 spiro atoms. The number of hydrogen-bond acceptors (Lipinski definition) is 7. The minimum Gasteiger partial charge on any atom is -0.493 e. The molecule has 1 unspecified atom stereocenters. The van der Waals surface area contributed by atoms with Gasteiger partial charge in [0, 0.05) is 18.2 Å². The van der Waals surface area contributed by atoms with Crippen LogP contribution in [-0.4, -0.2) is 33.6 Å². The van der Waals surface area contributed by atoms with Crippen LogP contribution in [0.4, 0.5) is 5.69 Å². The van der Waals surface area contributed by atoms with Crippen LogP contribution >= 0.6 is 0 Å². The first-order valence-corrected chi connectivity index (χ1v) is 8.99. The number of para-hydroxylation sites is 1. The van der Waals surface area contributed by atoms with Crippen molar-refractivity contribution in [1.29, 1.82) is 0 Å². The summed E-state index contributed by atoms with van der Waals surface area (Å²) in [4.78, 5) is 17.1. The Kier molecular flexibility index (Phi) is 6.00. The summed E-state index contributed by atoms with van der Waals surface area (Å²) in [6, 6.07) is 14.1. The van der Waals surface area contributed by atoms with Crippen LogP contribution in [0, 0.1) is 10.1 Å². The molecule has 1 heterocycles. The van der Waals surface area contributed by atoms with Crippen molar-refractivity contribution in [2.24, 2.45) is 0 Å². The highest BCUT2D eigenvalue weighted by Crippen LogP contribution is 2.28. The summed E-state index contributed by atoms with van der Waals surface area (Å²) >= 11 is 0. The highest BCUT2D eigenvalue weighted by atomic mass is 16.6. The number of nitrogens with zero attached hydrogens (tertiary/aromatic N) is 4. The lowest BCUT2D eigenvalue weighted by Gasteiger charge is -2.23. The summed E-state index contributed by atoms with van der Waals surface area (Å²) < 4.78 is 11.0. The van der Waals surface area contributed by atoms with Gasteiger partial charge < -0.3 is 9.26 Å². The van der Waals surface area contributed by atoms with Crippen molar-refractivity contribution in [2.45, 2.75) is 26.4 Å². The average Bonchev–Trinajstić information content (AvgIpc) is 3.16. The second kappa shape index (κ2) is 8.62. The van der Waals surface area contributed by atoms with E-state index in [1.54, 1.807) is 12.1 Å². The fourth-order valence-corrected chi connectivity index (χ4v) is 2.86. The summed E-state index contributed by atoms with van der Waals surface area (Å²) in [7, 11) is 1.90. The van der Waals surface area contributed by atoms with Gasteiger partial charge in [0.05, 0.1) is 23.6 Å². The number of ether oxygens (including phenoxy) is 1. The number of benzene rings is 2. The fraction of sp³-hybridized carbons (Fsp3) is 0.300. The molecule has 0 aliphatic rings. The molecule has 0 N–H and O–H groups in total. The summed E-state index contributed by atoms with van der Waals surface area (Å²) in [5, 5.41) is 15.1. The lowest BCUT2D eigenvalue weighted by molar-refractivity contribution is -0.384. The Morgan fingerprint density at radius 3 is 2.79 bits per heavy atom. The Balaban J connectivity index is 1.74. The predicted molar refractivity (Wildman–Crippen MR) is 104 cm³/mol. The molecule has 0 aliphatic heterocycles. The smallest absolute Gasteiger partial charge is 0.269 e. The van der Waals surface area contributed by atoms with Crippen molar-refractivity contribution in [1.82, 2.24) is 15.0 Å². The zero-order valence-electron chi connectivity index (χ0n) is 16.0. The molecule has 8 heteroatoms. The van der Waals surface area contributed by atoms with E-state index in [0.717, 1.165) is 11.1 Å². The molecule has 3 aromatic rings. The largest absolute Gasteiger partial charge is 0.493 e. The summed E-state index contributed by atoms with van der Waals surface area (Å²) in [5.41, 5.74) is 1.69. The molecular formula is C20H22N4O4. The number of hydrogen-bond donors (Lipinski definition) is 0. The van der Waals surface area contributed by atoms with Crippen molar-refractivity contribution in [3.8, 4) is 17.1 Å². The molecule has 1 atom stereocenters. The van der Waals surface area contributed by atoms with Gasteiger partial charge in [-0.3, -0.25) is 15.0 Å². The SMILES string of the molecule is CCOc1ccccc1-c1noc(CN(C)C(C)c2cccc([N+](=O)[O-])c2)n1. The highest BCUT2D eigenvalue weighted by molar-refractivity contribution is 5.63. The topological polar surface area (TPSA) is 94.5 Å². The number of rotatable bonds is 8. The molecule has 0 bridgehead atoms. The molecule has 0 fully saturated rings. The highest BCUT2D eigenvalue weighted by Gasteiger charge is 2.19. The van der Waals surface area contributed by atoms with E-state index in [2.05, 4.69) is 10.1 Å². The van der Waals surface area contributed by atoms with E-state index in [-0.39, 0.29) is 11.7 Å². The van der Waals surface area contributed by atoms with Gasteiger partial charge in [-0.1, -0.05) is 29.4 Å². The Bertz CT molecular complexity index is 957. The number of nitro groups is 1. The maximum atomic E-state index is 11.0. The Morgan fingerprint density at radius 1 is 1.25 bits per heavy atom. The molecule has 0 amide bonds. The van der Waals surface area contributed by atoms with Gasteiger partial charge in [0.1, 0.15) is 5.75 Å². The van der Waals surface area contributed by atoms with Gasteiger partial charge in [-0.25, -0.2) is 0 Å². The van der Waals surface area contributed by atoms with Crippen LogP contribution in [0.15, 0.2) is 53.1 Å². The van der Waals surface area contributed by atoms with E-state index in [1.165, 1.54) is 6.07 Å². The van der Waals surface area contributed by atoms with Gasteiger partial charge in [0.25, 0.3) is 5.69 Å². The van der Waals surface area contributed by atoms with E-state index >= 15 is 0 Å². The predicted octanol–water partition coefficient (Wildman–Crippen LogP) is 4.24. The van der Waals surface area contributed by atoms with Crippen LogP contribution in [-0.2, 0) is 6.54 Å². The van der Waals surface area contributed by atoms with Crippen LogP contribution in [0.2, 0.25) is 0 Å². The van der Waals surface area contributed by atoms with Gasteiger partial charge in [-0.15, -0.1) is 0 Å². The third-order valence-electron chi connectivity index (χ3n) is 4.51. The van der Waals surface area contributed by atoms with Crippen LogP contribution in [0.25, 0.3) is 11.4 Å². The van der Waals surface area contributed by atoms with Crippen LogP contribution in [0.3, 0.4) is 0 Å². The van der Waals surface area contributed by atoms with E-state index in [1.807, 2.05) is 56.1 Å². The lowest BCUT2D eigenvalue weighted by Crippen LogP contribution is -2.22. The molecule has 28 heavy (non-hydrogen) atoms. The van der Waals surface area contributed by atoms with Gasteiger partial charge in [0.2, 0.25) is 11.7 Å². The fourth-order valence-electron chi connectivity index (χ4n) is 2.86. The second-order valence-corrected chi connectivity index (χ2v) is 6.38. The molecule has 0 saturated carbocycles. The van der Waals surface area contributed by atoms with E-state index < -0.39 is 4.92 Å². The molecule has 0 saturated heterocycles. The molecular weight excluding hydrogens is 360 g/mol. The Morgan fingerprint density at radius 2 is 2.04 bits per heavy atom. The molecule has 0 radical (unpaired) electrons. The third-order valence-corrected chi connectivity index (χ3v) is 4.51. The van der Waals surface area contributed by atoms with E-state index in [4.69, 9.17) is 9.26 Å². The normalized spacial score (nSPS) is 12.1. The zero-order valence-corrected chi connectivity index (χ0v) is 16.0. The minimum absolute atomic E-state index is 0.0639. The number of aromatic nitrogens is 2. The first-order chi connectivity index (χ1) is 13.5. The standard InChI is InChI=1S/C20H22N4O4/c1-4-27-18-11-6-5-10-17(18)20-21-19(28-22-20)13-23(3)14(2)15-8-7-9-16(12-15)24(25)26/h5-12,14H,4,13H2,1-3H3. The molecule has 3 rings (SSSR count). The average molecular weight is 382 g/mol.